The predicted molar refractivity (Wildman–Crippen MR) is 116 cm³/mol. The Labute approximate surface area is 167 Å². The molecular formula is C23H31N3O2. The summed E-state index contributed by atoms with van der Waals surface area (Å²) in [5, 5.41) is 8.09. The lowest BCUT2D eigenvalue weighted by Crippen LogP contribution is -2.28. The molecule has 1 amide bonds. The number of amides is 1. The molecule has 0 fully saturated rings. The van der Waals surface area contributed by atoms with Crippen molar-refractivity contribution >= 4 is 12.0 Å². The van der Waals surface area contributed by atoms with Crippen molar-refractivity contribution in [3.8, 4) is 0 Å². The number of aromatic nitrogens is 2. The number of nitrogens with one attached hydrogen (secondary N) is 3. The van der Waals surface area contributed by atoms with Crippen molar-refractivity contribution in [3.63, 3.8) is 0 Å². The van der Waals surface area contributed by atoms with Crippen LogP contribution in [0.1, 0.15) is 52.7 Å². The summed E-state index contributed by atoms with van der Waals surface area (Å²) in [4.78, 5) is 23.4. The maximum atomic E-state index is 12.2. The lowest BCUT2D eigenvalue weighted by atomic mass is 9.72. The Kier molecular flexibility index (Phi) is 7.21. The molecule has 1 aromatic rings. The van der Waals surface area contributed by atoms with Gasteiger partial charge in [-0.3, -0.25) is 19.8 Å². The van der Waals surface area contributed by atoms with Gasteiger partial charge in [0.15, 0.2) is 0 Å². The van der Waals surface area contributed by atoms with Gasteiger partial charge in [0.2, 0.25) is 5.91 Å². The van der Waals surface area contributed by atoms with Gasteiger partial charge in [-0.15, -0.1) is 0 Å². The molecule has 0 saturated carbocycles. The van der Waals surface area contributed by atoms with E-state index in [4.69, 9.17) is 0 Å². The fourth-order valence-electron chi connectivity index (χ4n) is 3.44. The SMILES string of the molecule is CNC(=O)C1=C(/C=C/C(C)=C/C=C/C(C)=C/c2cc(=O)[nH][nH]2)C(C)(C)CCC1. The molecule has 0 unspecified atom stereocenters. The number of aromatic amines is 2. The zero-order valence-electron chi connectivity index (χ0n) is 17.5. The van der Waals surface area contributed by atoms with Gasteiger partial charge >= 0.3 is 0 Å². The van der Waals surface area contributed by atoms with Gasteiger partial charge in [-0.2, -0.15) is 0 Å². The average molecular weight is 382 g/mol. The molecule has 0 aliphatic heterocycles. The zero-order chi connectivity index (χ0) is 20.7. The Balaban J connectivity index is 2.15. The molecule has 5 heteroatoms. The van der Waals surface area contributed by atoms with Crippen molar-refractivity contribution in [1.29, 1.82) is 0 Å². The van der Waals surface area contributed by atoms with Crippen LogP contribution in [0.2, 0.25) is 0 Å². The third-order valence-electron chi connectivity index (χ3n) is 5.01. The topological polar surface area (TPSA) is 77.8 Å². The van der Waals surface area contributed by atoms with E-state index in [1.807, 2.05) is 38.2 Å². The van der Waals surface area contributed by atoms with Gasteiger partial charge in [-0.1, -0.05) is 49.8 Å². The summed E-state index contributed by atoms with van der Waals surface area (Å²) >= 11 is 0. The summed E-state index contributed by atoms with van der Waals surface area (Å²) in [6, 6.07) is 1.52. The molecule has 0 radical (unpaired) electrons. The van der Waals surface area contributed by atoms with E-state index < -0.39 is 0 Å². The first-order valence-electron chi connectivity index (χ1n) is 9.67. The Bertz CT molecular complexity index is 918. The summed E-state index contributed by atoms with van der Waals surface area (Å²) in [5.74, 6) is 0.0255. The number of rotatable bonds is 6. The minimum atomic E-state index is -0.139. The third-order valence-corrected chi connectivity index (χ3v) is 5.01. The Morgan fingerprint density at radius 1 is 1.18 bits per heavy atom. The molecule has 1 aliphatic carbocycles. The van der Waals surface area contributed by atoms with Crippen molar-refractivity contribution in [3.05, 3.63) is 74.8 Å². The average Bonchev–Trinajstić information content (AvgIpc) is 3.03. The van der Waals surface area contributed by atoms with Crippen LogP contribution in [0.4, 0.5) is 0 Å². The van der Waals surface area contributed by atoms with E-state index in [1.165, 1.54) is 6.07 Å². The Hall–Kier alpha value is -2.82. The first-order chi connectivity index (χ1) is 13.2. The third kappa shape index (κ3) is 5.84. The van der Waals surface area contributed by atoms with E-state index in [9.17, 15) is 9.59 Å². The Morgan fingerprint density at radius 3 is 2.57 bits per heavy atom. The number of carbonyl (C=O) groups is 1. The van der Waals surface area contributed by atoms with Crippen LogP contribution in [0.3, 0.4) is 0 Å². The van der Waals surface area contributed by atoms with Gasteiger partial charge in [-0.05, 0) is 55.7 Å². The molecule has 5 nitrogen and oxygen atoms in total. The van der Waals surface area contributed by atoms with Gasteiger partial charge in [0.25, 0.3) is 5.56 Å². The van der Waals surface area contributed by atoms with Crippen LogP contribution in [0, 0.1) is 5.41 Å². The molecule has 1 aromatic heterocycles. The largest absolute Gasteiger partial charge is 0.355 e. The van der Waals surface area contributed by atoms with Crippen LogP contribution < -0.4 is 10.9 Å². The van der Waals surface area contributed by atoms with Gasteiger partial charge in [0.1, 0.15) is 0 Å². The highest BCUT2D eigenvalue weighted by molar-refractivity contribution is 5.94. The van der Waals surface area contributed by atoms with Gasteiger partial charge < -0.3 is 5.32 Å². The zero-order valence-corrected chi connectivity index (χ0v) is 17.5. The first-order valence-corrected chi connectivity index (χ1v) is 9.67. The van der Waals surface area contributed by atoms with Crippen LogP contribution in [0.15, 0.2) is 63.5 Å². The number of hydrogen-bond donors (Lipinski definition) is 3. The second-order valence-corrected chi connectivity index (χ2v) is 7.91. The standard InChI is InChI=1S/C23H31N3O2/c1-16(8-6-9-17(2)14-18-15-21(27)26-25-18)11-12-20-19(22(28)24-5)10-7-13-23(20,3)4/h6,8-9,11-12,14-15H,7,10,13H2,1-5H3,(H,24,28)(H2,25,26,27)/b9-6+,12-11+,16-8+,17-14+. The molecule has 28 heavy (non-hydrogen) atoms. The maximum absolute atomic E-state index is 12.2. The summed E-state index contributed by atoms with van der Waals surface area (Å²) in [7, 11) is 1.69. The highest BCUT2D eigenvalue weighted by Gasteiger charge is 2.30. The van der Waals surface area contributed by atoms with Crippen LogP contribution in [-0.2, 0) is 4.79 Å². The fourth-order valence-corrected chi connectivity index (χ4v) is 3.44. The number of H-pyrrole nitrogens is 2. The predicted octanol–water partition coefficient (Wildman–Crippen LogP) is 4.42. The summed E-state index contributed by atoms with van der Waals surface area (Å²) in [5.41, 5.74) is 4.77. The number of hydrogen-bond acceptors (Lipinski definition) is 2. The summed E-state index contributed by atoms with van der Waals surface area (Å²) < 4.78 is 0. The van der Waals surface area contributed by atoms with Crippen molar-refractivity contribution in [2.24, 2.45) is 5.41 Å². The Morgan fingerprint density at radius 2 is 1.93 bits per heavy atom. The van der Waals surface area contributed by atoms with Crippen molar-refractivity contribution in [2.75, 3.05) is 7.05 Å². The normalized spacial score (nSPS) is 18.3. The molecule has 1 aliphatic rings. The molecular weight excluding hydrogens is 350 g/mol. The number of likely N-dealkylation sites (N-methyl/N-ethyl adjacent to an activating group) is 1. The van der Waals surface area contributed by atoms with Gasteiger partial charge in [0, 0.05) is 18.7 Å². The molecule has 0 bridgehead atoms. The lowest BCUT2D eigenvalue weighted by molar-refractivity contribution is -0.117. The molecule has 1 heterocycles. The van der Waals surface area contributed by atoms with Crippen molar-refractivity contribution in [2.45, 2.75) is 47.0 Å². The van der Waals surface area contributed by atoms with Gasteiger partial charge in [0.05, 0.1) is 5.69 Å². The minimum absolute atomic E-state index is 0.000482. The summed E-state index contributed by atoms with van der Waals surface area (Å²) in [6.07, 6.45) is 15.0. The van der Waals surface area contributed by atoms with E-state index in [-0.39, 0.29) is 16.9 Å². The first kappa shape index (κ1) is 21.5. The quantitative estimate of drug-likeness (QED) is 0.638. The second kappa shape index (κ2) is 9.40. The van der Waals surface area contributed by atoms with Crippen LogP contribution >= 0.6 is 0 Å². The second-order valence-electron chi connectivity index (χ2n) is 7.91. The number of allylic oxidation sites excluding steroid dienone is 8. The van der Waals surface area contributed by atoms with Crippen LogP contribution in [-0.4, -0.2) is 23.2 Å². The fraction of sp³-hybridized carbons (Fsp3) is 0.391. The van der Waals surface area contributed by atoms with Crippen molar-refractivity contribution < 1.29 is 4.79 Å². The minimum Gasteiger partial charge on any atom is -0.355 e. The van der Waals surface area contributed by atoms with E-state index in [1.54, 1.807) is 7.05 Å². The molecule has 0 aromatic carbocycles. The highest BCUT2D eigenvalue weighted by Crippen LogP contribution is 2.41. The molecule has 2 rings (SSSR count). The highest BCUT2D eigenvalue weighted by atomic mass is 16.1. The lowest BCUT2D eigenvalue weighted by Gasteiger charge is -2.33. The van der Waals surface area contributed by atoms with E-state index in [0.29, 0.717) is 0 Å². The number of carbonyl (C=O) groups excluding carboxylic acids is 1. The molecule has 3 N–H and O–H groups in total. The maximum Gasteiger partial charge on any atom is 0.264 e. The van der Waals surface area contributed by atoms with E-state index in [2.05, 4.69) is 41.5 Å². The van der Waals surface area contributed by atoms with E-state index in [0.717, 1.165) is 47.2 Å². The molecule has 0 atom stereocenters. The molecule has 0 spiro atoms. The molecule has 150 valence electrons. The summed E-state index contributed by atoms with van der Waals surface area (Å²) in [6.45, 7) is 8.42. The van der Waals surface area contributed by atoms with Crippen LogP contribution in [0.5, 0.6) is 0 Å². The van der Waals surface area contributed by atoms with Crippen molar-refractivity contribution in [1.82, 2.24) is 15.5 Å². The smallest absolute Gasteiger partial charge is 0.264 e. The van der Waals surface area contributed by atoms with Crippen LogP contribution in [0.25, 0.3) is 6.08 Å². The van der Waals surface area contributed by atoms with E-state index >= 15 is 0 Å². The molecule has 0 saturated heterocycles. The van der Waals surface area contributed by atoms with Gasteiger partial charge in [-0.25, -0.2) is 0 Å². The monoisotopic (exact) mass is 381 g/mol.